The van der Waals surface area contributed by atoms with Crippen LogP contribution in [0.2, 0.25) is 0 Å². The lowest BCUT2D eigenvalue weighted by atomic mass is 10.2. The highest BCUT2D eigenvalue weighted by Crippen LogP contribution is 2.06. The topological polar surface area (TPSA) is 109 Å². The maximum atomic E-state index is 5.51. The molecule has 2 rings (SSSR count). The number of nitrogens with two attached hydrogens (primary N) is 2. The van der Waals surface area contributed by atoms with Crippen LogP contribution in [0.25, 0.3) is 0 Å². The lowest BCUT2D eigenvalue weighted by Gasteiger charge is -1.98. The third-order valence-electron chi connectivity index (χ3n) is 3.27. The molecular formula is C14H24N6. The van der Waals surface area contributed by atoms with Crippen molar-refractivity contribution in [3.63, 3.8) is 0 Å². The Morgan fingerprint density at radius 2 is 1.20 bits per heavy atom. The third-order valence-corrected chi connectivity index (χ3v) is 3.27. The number of hydrogen-bond donors (Lipinski definition) is 4. The van der Waals surface area contributed by atoms with Gasteiger partial charge in [0.2, 0.25) is 0 Å². The van der Waals surface area contributed by atoms with Gasteiger partial charge < -0.3 is 21.4 Å². The van der Waals surface area contributed by atoms with E-state index in [0.717, 1.165) is 61.6 Å². The fraction of sp³-hybridized carbons (Fsp3) is 0.571. The predicted octanol–water partition coefficient (Wildman–Crippen LogP) is 0.701. The van der Waals surface area contributed by atoms with Gasteiger partial charge in [-0.2, -0.15) is 0 Å². The van der Waals surface area contributed by atoms with E-state index in [2.05, 4.69) is 19.9 Å². The summed E-state index contributed by atoms with van der Waals surface area (Å²) in [5.41, 5.74) is 13.3. The summed E-state index contributed by atoms with van der Waals surface area (Å²) in [6.07, 6.45) is 9.64. The van der Waals surface area contributed by atoms with Crippen molar-refractivity contribution in [2.45, 2.75) is 38.5 Å². The summed E-state index contributed by atoms with van der Waals surface area (Å²) in [6, 6.07) is 0. The average molecular weight is 276 g/mol. The van der Waals surface area contributed by atoms with Crippen molar-refractivity contribution in [3.05, 3.63) is 35.4 Å². The normalized spacial score (nSPS) is 11.1. The van der Waals surface area contributed by atoms with Gasteiger partial charge in [0.1, 0.15) is 11.6 Å². The van der Waals surface area contributed by atoms with Crippen LogP contribution in [0.5, 0.6) is 0 Å². The number of hydrogen-bond acceptors (Lipinski definition) is 4. The summed E-state index contributed by atoms with van der Waals surface area (Å²) < 4.78 is 0. The first kappa shape index (κ1) is 14.7. The highest BCUT2D eigenvalue weighted by molar-refractivity contribution is 5.03. The fourth-order valence-electron chi connectivity index (χ4n) is 2.22. The van der Waals surface area contributed by atoms with E-state index in [0.29, 0.717) is 13.1 Å². The van der Waals surface area contributed by atoms with Crippen LogP contribution < -0.4 is 11.5 Å². The van der Waals surface area contributed by atoms with E-state index in [9.17, 15) is 0 Å². The largest absolute Gasteiger partial charge is 0.346 e. The number of unbranched alkanes of at least 4 members (excludes halogenated alkanes) is 1. The SMILES string of the molecule is NCCc1cnc(CCCCc2ncc(CCN)[nH]2)[nH]1. The molecule has 0 saturated carbocycles. The summed E-state index contributed by atoms with van der Waals surface area (Å²) in [6.45, 7) is 1.32. The molecule has 0 fully saturated rings. The number of nitrogens with one attached hydrogen (secondary N) is 2. The van der Waals surface area contributed by atoms with Gasteiger partial charge in [-0.1, -0.05) is 0 Å². The molecule has 0 radical (unpaired) electrons. The van der Waals surface area contributed by atoms with E-state index in [1.165, 1.54) is 0 Å². The minimum atomic E-state index is 0.658. The Morgan fingerprint density at radius 3 is 1.60 bits per heavy atom. The monoisotopic (exact) mass is 276 g/mol. The molecule has 6 N–H and O–H groups in total. The number of imidazole rings is 2. The number of aromatic amines is 2. The van der Waals surface area contributed by atoms with Crippen LogP contribution in [0.4, 0.5) is 0 Å². The molecular weight excluding hydrogens is 252 g/mol. The molecule has 2 heterocycles. The van der Waals surface area contributed by atoms with Gasteiger partial charge in [-0.15, -0.1) is 0 Å². The number of nitrogens with zero attached hydrogens (tertiary/aromatic N) is 2. The summed E-state index contributed by atoms with van der Waals surface area (Å²) in [5.74, 6) is 2.11. The van der Waals surface area contributed by atoms with Crippen LogP contribution in [-0.4, -0.2) is 33.0 Å². The van der Waals surface area contributed by atoms with Crippen LogP contribution >= 0.6 is 0 Å². The Kier molecular flexibility index (Phi) is 5.76. The summed E-state index contributed by atoms with van der Waals surface area (Å²) in [7, 11) is 0. The van der Waals surface area contributed by atoms with E-state index < -0.39 is 0 Å². The van der Waals surface area contributed by atoms with Gasteiger partial charge in [-0.25, -0.2) is 9.97 Å². The van der Waals surface area contributed by atoms with Crippen molar-refractivity contribution in [3.8, 4) is 0 Å². The smallest absolute Gasteiger partial charge is 0.106 e. The predicted molar refractivity (Wildman–Crippen MR) is 79.3 cm³/mol. The van der Waals surface area contributed by atoms with Crippen molar-refractivity contribution in [1.82, 2.24) is 19.9 Å². The van der Waals surface area contributed by atoms with Crippen LogP contribution in [0, 0.1) is 0 Å². The Labute approximate surface area is 119 Å². The lowest BCUT2D eigenvalue weighted by Crippen LogP contribution is -2.03. The number of rotatable bonds is 9. The Hall–Kier alpha value is -1.66. The second-order valence-electron chi connectivity index (χ2n) is 4.99. The van der Waals surface area contributed by atoms with Crippen molar-refractivity contribution in [1.29, 1.82) is 0 Å². The Bertz CT molecular complexity index is 455. The van der Waals surface area contributed by atoms with Gasteiger partial charge in [0, 0.05) is 49.5 Å². The first-order chi connectivity index (χ1) is 9.81. The zero-order valence-corrected chi connectivity index (χ0v) is 11.9. The van der Waals surface area contributed by atoms with Gasteiger partial charge in [0.05, 0.1) is 0 Å². The molecule has 0 unspecified atom stereocenters. The quantitative estimate of drug-likeness (QED) is 0.505. The molecule has 20 heavy (non-hydrogen) atoms. The number of aromatic nitrogens is 4. The van der Waals surface area contributed by atoms with Gasteiger partial charge in [0.25, 0.3) is 0 Å². The minimum Gasteiger partial charge on any atom is -0.346 e. The van der Waals surface area contributed by atoms with E-state index in [1.54, 1.807) is 0 Å². The van der Waals surface area contributed by atoms with Crippen LogP contribution in [0.15, 0.2) is 12.4 Å². The number of H-pyrrole nitrogens is 2. The Balaban J connectivity index is 1.67. The van der Waals surface area contributed by atoms with E-state index >= 15 is 0 Å². The molecule has 6 nitrogen and oxygen atoms in total. The van der Waals surface area contributed by atoms with Crippen LogP contribution in [-0.2, 0) is 25.7 Å². The molecule has 0 saturated heterocycles. The van der Waals surface area contributed by atoms with E-state index in [-0.39, 0.29) is 0 Å². The zero-order valence-electron chi connectivity index (χ0n) is 11.9. The van der Waals surface area contributed by atoms with E-state index in [1.807, 2.05) is 12.4 Å². The fourth-order valence-corrected chi connectivity index (χ4v) is 2.22. The first-order valence-electron chi connectivity index (χ1n) is 7.27. The molecule has 0 spiro atoms. The highest BCUT2D eigenvalue weighted by Gasteiger charge is 2.02. The maximum absolute atomic E-state index is 5.51. The molecule has 0 aromatic carbocycles. The molecule has 0 aliphatic heterocycles. The molecule has 0 aliphatic carbocycles. The van der Waals surface area contributed by atoms with Crippen molar-refractivity contribution in [2.24, 2.45) is 11.5 Å². The molecule has 2 aromatic heterocycles. The molecule has 2 aromatic rings. The molecule has 0 bridgehead atoms. The van der Waals surface area contributed by atoms with Crippen molar-refractivity contribution in [2.75, 3.05) is 13.1 Å². The second-order valence-corrected chi connectivity index (χ2v) is 4.99. The standard InChI is InChI=1S/C14H24N6/c15-7-5-11-9-17-13(19-11)3-1-2-4-14-18-10-12(20-14)6-8-16/h9-10H,1-8,15-16H2,(H,17,19)(H,18,20). The first-order valence-corrected chi connectivity index (χ1v) is 7.27. The maximum Gasteiger partial charge on any atom is 0.106 e. The van der Waals surface area contributed by atoms with Crippen molar-refractivity contribution < 1.29 is 0 Å². The molecule has 110 valence electrons. The van der Waals surface area contributed by atoms with E-state index in [4.69, 9.17) is 11.5 Å². The average Bonchev–Trinajstić information content (AvgIpc) is 3.06. The van der Waals surface area contributed by atoms with Crippen LogP contribution in [0.1, 0.15) is 35.9 Å². The minimum absolute atomic E-state index is 0.658. The van der Waals surface area contributed by atoms with Crippen molar-refractivity contribution >= 4 is 0 Å². The number of aryl methyl sites for hydroxylation is 2. The molecule has 0 atom stereocenters. The van der Waals surface area contributed by atoms with Gasteiger partial charge >= 0.3 is 0 Å². The molecule has 0 amide bonds. The van der Waals surface area contributed by atoms with Crippen LogP contribution in [0.3, 0.4) is 0 Å². The zero-order chi connectivity index (χ0) is 14.2. The van der Waals surface area contributed by atoms with Gasteiger partial charge in [0.15, 0.2) is 0 Å². The molecule has 6 heteroatoms. The van der Waals surface area contributed by atoms with Gasteiger partial charge in [-0.3, -0.25) is 0 Å². The van der Waals surface area contributed by atoms with Gasteiger partial charge in [-0.05, 0) is 25.9 Å². The summed E-state index contributed by atoms with van der Waals surface area (Å²) in [5, 5.41) is 0. The Morgan fingerprint density at radius 1 is 0.750 bits per heavy atom. The summed E-state index contributed by atoms with van der Waals surface area (Å²) >= 11 is 0. The summed E-state index contributed by atoms with van der Waals surface area (Å²) in [4.78, 5) is 15.3. The molecule has 0 aliphatic rings. The second kappa shape index (κ2) is 7.81. The lowest BCUT2D eigenvalue weighted by molar-refractivity contribution is 0.693. The highest BCUT2D eigenvalue weighted by atomic mass is 14.9. The third kappa shape index (κ3) is 4.47.